The Bertz CT molecular complexity index is 233. The maximum absolute atomic E-state index is 11.5. The van der Waals surface area contributed by atoms with Gasteiger partial charge in [0.15, 0.2) is 0 Å². The molecule has 2 amide bonds. The molecule has 1 aliphatic rings. The maximum Gasteiger partial charge on any atom is 0.240 e. The molecule has 1 heterocycles. The second kappa shape index (κ2) is 5.20. The first-order chi connectivity index (χ1) is 6.66. The van der Waals surface area contributed by atoms with E-state index in [1.807, 2.05) is 0 Å². The minimum Gasteiger partial charge on any atom is -0.368 e. The highest BCUT2D eigenvalue weighted by Gasteiger charge is 2.29. The van der Waals surface area contributed by atoms with Crippen LogP contribution >= 0.6 is 11.6 Å². The van der Waals surface area contributed by atoms with Crippen LogP contribution in [0, 0.1) is 0 Å². The van der Waals surface area contributed by atoms with Gasteiger partial charge < -0.3 is 10.6 Å². The van der Waals surface area contributed by atoms with Gasteiger partial charge in [-0.2, -0.15) is 0 Å². The van der Waals surface area contributed by atoms with Crippen LogP contribution in [0.15, 0.2) is 0 Å². The molecular weight excluding hydrogens is 204 g/mol. The number of nitrogens with zero attached hydrogens (tertiary/aromatic N) is 1. The van der Waals surface area contributed by atoms with Crippen molar-refractivity contribution in [2.45, 2.75) is 31.7 Å². The number of amides is 2. The molecule has 0 aromatic rings. The van der Waals surface area contributed by atoms with Crippen LogP contribution in [0.2, 0.25) is 0 Å². The normalized spacial score (nSPS) is 22.1. The van der Waals surface area contributed by atoms with Crippen molar-refractivity contribution >= 4 is 23.4 Å². The maximum atomic E-state index is 11.5. The number of alkyl halides is 1. The van der Waals surface area contributed by atoms with Crippen molar-refractivity contribution in [1.29, 1.82) is 0 Å². The fraction of sp³-hybridized carbons (Fsp3) is 0.778. The lowest BCUT2D eigenvalue weighted by Crippen LogP contribution is -2.50. The number of likely N-dealkylation sites (tertiary alicyclic amines) is 1. The molecule has 1 atom stereocenters. The Kier molecular flexibility index (Phi) is 4.20. The van der Waals surface area contributed by atoms with Gasteiger partial charge in [-0.05, 0) is 19.3 Å². The van der Waals surface area contributed by atoms with Gasteiger partial charge in [-0.15, -0.1) is 11.6 Å². The third kappa shape index (κ3) is 2.61. The Balaban J connectivity index is 2.62. The minimum atomic E-state index is -0.417. The summed E-state index contributed by atoms with van der Waals surface area (Å²) in [5.41, 5.74) is 5.23. The van der Waals surface area contributed by atoms with Crippen LogP contribution < -0.4 is 5.73 Å². The number of hydrogen-bond acceptors (Lipinski definition) is 2. The van der Waals surface area contributed by atoms with E-state index in [0.29, 0.717) is 18.8 Å². The number of nitrogens with two attached hydrogens (primary N) is 1. The number of carbonyl (C=O) groups is 2. The smallest absolute Gasteiger partial charge is 0.240 e. The van der Waals surface area contributed by atoms with Crippen molar-refractivity contribution in [3.8, 4) is 0 Å². The SMILES string of the molecule is NC(=O)C1CCCCN1C(=O)CCCl. The van der Waals surface area contributed by atoms with Gasteiger partial charge in [-0.1, -0.05) is 0 Å². The van der Waals surface area contributed by atoms with Crippen LogP contribution in [0.3, 0.4) is 0 Å². The standard InChI is InChI=1S/C9H15ClN2O2/c10-5-4-8(13)12-6-2-1-3-7(12)9(11)14/h7H,1-6H2,(H2,11,14). The molecule has 0 bridgehead atoms. The highest BCUT2D eigenvalue weighted by atomic mass is 35.5. The zero-order chi connectivity index (χ0) is 10.6. The molecule has 0 spiro atoms. The fourth-order valence-corrected chi connectivity index (χ4v) is 1.91. The zero-order valence-electron chi connectivity index (χ0n) is 8.04. The quantitative estimate of drug-likeness (QED) is 0.701. The van der Waals surface area contributed by atoms with Crippen molar-refractivity contribution in [3.05, 3.63) is 0 Å². The Hall–Kier alpha value is -0.770. The first-order valence-corrected chi connectivity index (χ1v) is 5.35. The zero-order valence-corrected chi connectivity index (χ0v) is 8.79. The topological polar surface area (TPSA) is 63.4 Å². The van der Waals surface area contributed by atoms with Crippen LogP contribution in [-0.4, -0.2) is 35.2 Å². The summed E-state index contributed by atoms with van der Waals surface area (Å²) in [7, 11) is 0. The average Bonchev–Trinajstić information content (AvgIpc) is 2.18. The number of piperidine rings is 1. The Morgan fingerprint density at radius 3 is 2.71 bits per heavy atom. The number of rotatable bonds is 3. The van der Waals surface area contributed by atoms with Crippen molar-refractivity contribution < 1.29 is 9.59 Å². The first kappa shape index (κ1) is 11.3. The lowest BCUT2D eigenvalue weighted by atomic mass is 10.0. The predicted octanol–water partition coefficient (Wildman–Crippen LogP) is 0.482. The van der Waals surface area contributed by atoms with Crippen molar-refractivity contribution in [2.24, 2.45) is 5.73 Å². The van der Waals surface area contributed by atoms with E-state index in [9.17, 15) is 9.59 Å². The van der Waals surface area contributed by atoms with Gasteiger partial charge in [-0.3, -0.25) is 9.59 Å². The van der Waals surface area contributed by atoms with Gasteiger partial charge in [0.1, 0.15) is 6.04 Å². The number of carbonyl (C=O) groups excluding carboxylic acids is 2. The molecular formula is C9H15ClN2O2. The molecule has 4 nitrogen and oxygen atoms in total. The number of primary amides is 1. The van der Waals surface area contributed by atoms with E-state index < -0.39 is 11.9 Å². The average molecular weight is 219 g/mol. The minimum absolute atomic E-state index is 0.0662. The summed E-state index contributed by atoms with van der Waals surface area (Å²) in [6.45, 7) is 0.628. The second-order valence-corrected chi connectivity index (χ2v) is 3.82. The Morgan fingerprint density at radius 1 is 1.43 bits per heavy atom. The molecule has 2 N–H and O–H groups in total. The highest BCUT2D eigenvalue weighted by molar-refractivity contribution is 6.18. The summed E-state index contributed by atoms with van der Waals surface area (Å²) in [5.74, 6) is -0.183. The van der Waals surface area contributed by atoms with Gasteiger partial charge >= 0.3 is 0 Å². The number of halogens is 1. The second-order valence-electron chi connectivity index (χ2n) is 3.44. The summed E-state index contributed by atoms with van der Waals surface area (Å²) in [5, 5.41) is 0. The summed E-state index contributed by atoms with van der Waals surface area (Å²) < 4.78 is 0. The van der Waals surface area contributed by atoms with E-state index in [0.717, 1.165) is 12.8 Å². The number of hydrogen-bond donors (Lipinski definition) is 1. The molecule has 14 heavy (non-hydrogen) atoms. The molecule has 1 aliphatic heterocycles. The van der Waals surface area contributed by atoms with Crippen LogP contribution in [0.5, 0.6) is 0 Å². The Labute approximate surface area is 88.4 Å². The molecule has 0 radical (unpaired) electrons. The van der Waals surface area contributed by atoms with Crippen LogP contribution in [0.25, 0.3) is 0 Å². The molecule has 1 unspecified atom stereocenters. The molecule has 80 valence electrons. The van der Waals surface area contributed by atoms with Gasteiger partial charge in [0.25, 0.3) is 0 Å². The molecule has 1 fully saturated rings. The van der Waals surface area contributed by atoms with Gasteiger partial charge in [0.2, 0.25) is 11.8 Å². The van der Waals surface area contributed by atoms with Crippen LogP contribution in [0.1, 0.15) is 25.7 Å². The largest absolute Gasteiger partial charge is 0.368 e. The highest BCUT2D eigenvalue weighted by Crippen LogP contribution is 2.17. The molecule has 0 aromatic carbocycles. The van der Waals surface area contributed by atoms with E-state index in [-0.39, 0.29) is 12.3 Å². The fourth-order valence-electron chi connectivity index (χ4n) is 1.75. The lowest BCUT2D eigenvalue weighted by Gasteiger charge is -2.33. The van der Waals surface area contributed by atoms with Gasteiger partial charge in [0, 0.05) is 18.8 Å². The molecule has 0 aliphatic carbocycles. The van der Waals surface area contributed by atoms with E-state index in [1.165, 1.54) is 0 Å². The van der Waals surface area contributed by atoms with Crippen molar-refractivity contribution in [1.82, 2.24) is 4.90 Å². The summed E-state index contributed by atoms with van der Waals surface area (Å²) in [6.07, 6.45) is 2.87. The van der Waals surface area contributed by atoms with Gasteiger partial charge in [0.05, 0.1) is 0 Å². The van der Waals surface area contributed by atoms with Crippen molar-refractivity contribution in [3.63, 3.8) is 0 Å². The molecule has 5 heteroatoms. The third-order valence-corrected chi connectivity index (χ3v) is 2.65. The monoisotopic (exact) mass is 218 g/mol. The molecule has 1 rings (SSSR count). The predicted molar refractivity (Wildman–Crippen MR) is 53.9 cm³/mol. The molecule has 1 saturated heterocycles. The van der Waals surface area contributed by atoms with Crippen LogP contribution in [-0.2, 0) is 9.59 Å². The molecule has 0 saturated carbocycles. The van der Waals surface area contributed by atoms with E-state index in [2.05, 4.69) is 0 Å². The van der Waals surface area contributed by atoms with Crippen LogP contribution in [0.4, 0.5) is 0 Å². The summed E-state index contributed by atoms with van der Waals surface area (Å²) >= 11 is 5.48. The first-order valence-electron chi connectivity index (χ1n) is 4.81. The summed E-state index contributed by atoms with van der Waals surface area (Å²) in [4.78, 5) is 24.2. The van der Waals surface area contributed by atoms with E-state index >= 15 is 0 Å². The third-order valence-electron chi connectivity index (χ3n) is 2.46. The summed E-state index contributed by atoms with van der Waals surface area (Å²) in [6, 6.07) is -0.417. The Morgan fingerprint density at radius 2 is 2.14 bits per heavy atom. The van der Waals surface area contributed by atoms with Crippen molar-refractivity contribution in [2.75, 3.05) is 12.4 Å². The van der Waals surface area contributed by atoms with E-state index in [1.54, 1.807) is 4.90 Å². The van der Waals surface area contributed by atoms with Gasteiger partial charge in [-0.25, -0.2) is 0 Å². The van der Waals surface area contributed by atoms with E-state index in [4.69, 9.17) is 17.3 Å². The lowest BCUT2D eigenvalue weighted by molar-refractivity contribution is -0.140. The molecule has 0 aromatic heterocycles.